The predicted molar refractivity (Wildman–Crippen MR) is 78.4 cm³/mol. The lowest BCUT2D eigenvalue weighted by Crippen LogP contribution is -2.44. The van der Waals surface area contributed by atoms with Crippen LogP contribution in [0.1, 0.15) is 32.1 Å². The van der Waals surface area contributed by atoms with Gasteiger partial charge < -0.3 is 15.4 Å². The number of rotatable bonds is 4. The second-order valence-electron chi connectivity index (χ2n) is 4.96. The highest BCUT2D eigenvalue weighted by Crippen LogP contribution is 2.25. The summed E-state index contributed by atoms with van der Waals surface area (Å²) in [6.07, 6.45) is 6.72. The molecule has 2 rings (SSSR count). The van der Waals surface area contributed by atoms with Gasteiger partial charge in [0, 0.05) is 32.0 Å². The molecule has 0 saturated carbocycles. The van der Waals surface area contributed by atoms with Crippen molar-refractivity contribution >= 4 is 17.7 Å². The number of hydrogen-bond donors (Lipinski definition) is 2. The maximum atomic E-state index is 5.70. The lowest BCUT2D eigenvalue weighted by molar-refractivity contribution is 0.0194. The Morgan fingerprint density at radius 2 is 2.11 bits per heavy atom. The minimum Gasteiger partial charge on any atom is -0.376 e. The molecule has 0 aromatic heterocycles. The van der Waals surface area contributed by atoms with Gasteiger partial charge in [-0.05, 0) is 37.9 Å². The molecule has 0 spiro atoms. The van der Waals surface area contributed by atoms with Crippen molar-refractivity contribution in [1.29, 1.82) is 0 Å². The summed E-state index contributed by atoms with van der Waals surface area (Å²) in [7, 11) is 1.83. The Morgan fingerprint density at radius 1 is 1.22 bits per heavy atom. The summed E-state index contributed by atoms with van der Waals surface area (Å²) in [5.41, 5.74) is 0. The van der Waals surface area contributed by atoms with Gasteiger partial charge in [0.25, 0.3) is 0 Å². The van der Waals surface area contributed by atoms with E-state index >= 15 is 0 Å². The molecule has 0 amide bonds. The molecule has 0 bridgehead atoms. The third kappa shape index (κ3) is 4.69. The molecular formula is C13H25N3OS. The first kappa shape index (κ1) is 14.0. The summed E-state index contributed by atoms with van der Waals surface area (Å²) in [4.78, 5) is 4.26. The van der Waals surface area contributed by atoms with Crippen LogP contribution in [-0.2, 0) is 4.74 Å². The molecule has 2 aliphatic rings. The van der Waals surface area contributed by atoms with Gasteiger partial charge in [0.15, 0.2) is 5.96 Å². The standard InChI is InChI=1S/C13H25N3OS/c1-14-13(16-10-12-6-4-8-18-12)15-9-11-5-2-3-7-17-11/h11-12H,2-10H2,1H3,(H2,14,15,16). The summed E-state index contributed by atoms with van der Waals surface area (Å²) < 4.78 is 5.70. The van der Waals surface area contributed by atoms with Crippen LogP contribution >= 0.6 is 11.8 Å². The smallest absolute Gasteiger partial charge is 0.191 e. The third-order valence-electron chi connectivity index (χ3n) is 3.52. The van der Waals surface area contributed by atoms with Gasteiger partial charge in [-0.3, -0.25) is 4.99 Å². The second-order valence-corrected chi connectivity index (χ2v) is 6.37. The van der Waals surface area contributed by atoms with E-state index in [4.69, 9.17) is 4.74 Å². The van der Waals surface area contributed by atoms with E-state index in [9.17, 15) is 0 Å². The van der Waals surface area contributed by atoms with Crippen molar-refractivity contribution in [2.24, 2.45) is 4.99 Å². The highest BCUT2D eigenvalue weighted by atomic mass is 32.2. The molecule has 18 heavy (non-hydrogen) atoms. The predicted octanol–water partition coefficient (Wildman–Crippen LogP) is 1.62. The van der Waals surface area contributed by atoms with Crippen LogP contribution in [0, 0.1) is 0 Å². The molecule has 2 heterocycles. The van der Waals surface area contributed by atoms with Crippen LogP contribution in [0.4, 0.5) is 0 Å². The molecule has 0 aromatic rings. The molecule has 104 valence electrons. The number of thioether (sulfide) groups is 1. The average Bonchev–Trinajstić information content (AvgIpc) is 2.93. The molecule has 2 fully saturated rings. The fourth-order valence-electron chi connectivity index (χ4n) is 2.42. The van der Waals surface area contributed by atoms with Gasteiger partial charge in [0.1, 0.15) is 0 Å². The van der Waals surface area contributed by atoms with Crippen molar-refractivity contribution in [2.75, 3.05) is 32.5 Å². The summed E-state index contributed by atoms with van der Waals surface area (Å²) in [5.74, 6) is 2.23. The highest BCUT2D eigenvalue weighted by Gasteiger charge is 2.17. The minimum atomic E-state index is 0.359. The zero-order valence-electron chi connectivity index (χ0n) is 11.3. The molecule has 2 N–H and O–H groups in total. The van der Waals surface area contributed by atoms with Crippen LogP contribution in [0.5, 0.6) is 0 Å². The maximum absolute atomic E-state index is 5.70. The van der Waals surface area contributed by atoms with Crippen molar-refractivity contribution in [1.82, 2.24) is 10.6 Å². The maximum Gasteiger partial charge on any atom is 0.191 e. The van der Waals surface area contributed by atoms with Gasteiger partial charge in [-0.15, -0.1) is 0 Å². The zero-order chi connectivity index (χ0) is 12.6. The number of ether oxygens (including phenoxy) is 1. The summed E-state index contributed by atoms with van der Waals surface area (Å²) in [6, 6.07) is 0. The molecule has 2 aliphatic heterocycles. The molecule has 2 atom stereocenters. The van der Waals surface area contributed by atoms with E-state index in [0.717, 1.165) is 30.9 Å². The van der Waals surface area contributed by atoms with Gasteiger partial charge in [-0.25, -0.2) is 0 Å². The summed E-state index contributed by atoms with van der Waals surface area (Å²) >= 11 is 2.07. The number of guanidine groups is 1. The summed E-state index contributed by atoms with van der Waals surface area (Å²) in [6.45, 7) is 2.81. The van der Waals surface area contributed by atoms with E-state index in [0.29, 0.717) is 6.10 Å². The van der Waals surface area contributed by atoms with Gasteiger partial charge in [-0.1, -0.05) is 0 Å². The lowest BCUT2D eigenvalue weighted by Gasteiger charge is -2.24. The molecule has 5 heteroatoms. The van der Waals surface area contributed by atoms with E-state index in [2.05, 4.69) is 27.4 Å². The second kappa shape index (κ2) is 7.89. The van der Waals surface area contributed by atoms with Crippen LogP contribution in [-0.4, -0.2) is 49.8 Å². The van der Waals surface area contributed by atoms with E-state index in [1.165, 1.54) is 37.9 Å². The number of hydrogen-bond acceptors (Lipinski definition) is 3. The van der Waals surface area contributed by atoms with Crippen molar-refractivity contribution in [3.63, 3.8) is 0 Å². The molecule has 0 aliphatic carbocycles. The zero-order valence-corrected chi connectivity index (χ0v) is 12.1. The van der Waals surface area contributed by atoms with E-state index in [1.807, 2.05) is 7.05 Å². The van der Waals surface area contributed by atoms with Crippen molar-refractivity contribution in [3.05, 3.63) is 0 Å². The first-order chi connectivity index (χ1) is 8.88. The Morgan fingerprint density at radius 3 is 2.78 bits per heavy atom. The Kier molecular flexibility index (Phi) is 6.14. The Balaban J connectivity index is 1.62. The lowest BCUT2D eigenvalue weighted by atomic mass is 10.1. The fraction of sp³-hybridized carbons (Fsp3) is 0.923. The van der Waals surface area contributed by atoms with Crippen molar-refractivity contribution < 1.29 is 4.74 Å². The number of nitrogens with one attached hydrogen (secondary N) is 2. The molecule has 0 radical (unpaired) electrons. The average molecular weight is 271 g/mol. The van der Waals surface area contributed by atoms with Gasteiger partial charge in [0.05, 0.1) is 6.10 Å². The topological polar surface area (TPSA) is 45.7 Å². The first-order valence-electron chi connectivity index (χ1n) is 7.06. The Hall–Kier alpha value is -0.420. The first-order valence-corrected chi connectivity index (χ1v) is 8.11. The molecular weight excluding hydrogens is 246 g/mol. The van der Waals surface area contributed by atoms with E-state index < -0.39 is 0 Å². The largest absolute Gasteiger partial charge is 0.376 e. The minimum absolute atomic E-state index is 0.359. The van der Waals surface area contributed by atoms with Crippen LogP contribution in [0.3, 0.4) is 0 Å². The normalized spacial score (nSPS) is 29.3. The molecule has 2 unspecified atom stereocenters. The number of aliphatic imine (C=N–C) groups is 1. The van der Waals surface area contributed by atoms with Crippen LogP contribution in [0.25, 0.3) is 0 Å². The van der Waals surface area contributed by atoms with Gasteiger partial charge >= 0.3 is 0 Å². The fourth-order valence-corrected chi connectivity index (χ4v) is 3.62. The quantitative estimate of drug-likeness (QED) is 0.602. The number of nitrogens with zero attached hydrogens (tertiary/aromatic N) is 1. The van der Waals surface area contributed by atoms with Crippen LogP contribution < -0.4 is 10.6 Å². The van der Waals surface area contributed by atoms with Gasteiger partial charge in [0.2, 0.25) is 0 Å². The van der Waals surface area contributed by atoms with Crippen molar-refractivity contribution in [3.8, 4) is 0 Å². The van der Waals surface area contributed by atoms with Crippen molar-refractivity contribution in [2.45, 2.75) is 43.5 Å². The van der Waals surface area contributed by atoms with Crippen LogP contribution in [0.2, 0.25) is 0 Å². The SMILES string of the molecule is CN=C(NCC1CCCCO1)NCC1CCCS1. The van der Waals surface area contributed by atoms with Crippen LogP contribution in [0.15, 0.2) is 4.99 Å². The Labute approximate surface area is 114 Å². The van der Waals surface area contributed by atoms with E-state index in [-0.39, 0.29) is 0 Å². The van der Waals surface area contributed by atoms with Gasteiger partial charge in [-0.2, -0.15) is 11.8 Å². The molecule has 4 nitrogen and oxygen atoms in total. The molecule has 0 aromatic carbocycles. The molecule has 2 saturated heterocycles. The Bertz CT molecular complexity index is 261. The highest BCUT2D eigenvalue weighted by molar-refractivity contribution is 8.00. The summed E-state index contributed by atoms with van der Waals surface area (Å²) in [5, 5.41) is 7.54. The monoisotopic (exact) mass is 271 g/mol. The third-order valence-corrected chi connectivity index (χ3v) is 4.91. The van der Waals surface area contributed by atoms with E-state index in [1.54, 1.807) is 0 Å².